The van der Waals surface area contributed by atoms with Gasteiger partial charge in [0.1, 0.15) is 22.4 Å². The minimum Gasteiger partial charge on any atom is -0.497 e. The van der Waals surface area contributed by atoms with Crippen LogP contribution in [0.15, 0.2) is 59.3 Å². The molecule has 4 rings (SSSR count). The van der Waals surface area contributed by atoms with E-state index in [9.17, 15) is 9.59 Å². The van der Waals surface area contributed by atoms with E-state index < -0.39 is 0 Å². The second-order valence-electron chi connectivity index (χ2n) is 7.49. The lowest BCUT2D eigenvalue weighted by Gasteiger charge is -2.06. The number of ether oxygens (including phenoxy) is 2. The summed E-state index contributed by atoms with van der Waals surface area (Å²) in [5, 5.41) is 8.03. The number of rotatable bonds is 9. The van der Waals surface area contributed by atoms with Gasteiger partial charge in [0.05, 0.1) is 31.3 Å². The molecule has 1 amide bonds. The number of carbonyl (C=O) groups excluding carboxylic acids is 2. The SMILES string of the molecule is COc1cccc(-c2nc(CC(=O)OCc3csc(CC(=O)Nc4ccccc4C)n3)cs2)c1. The maximum absolute atomic E-state index is 12.3. The van der Waals surface area contributed by atoms with Crippen molar-refractivity contribution in [3.8, 4) is 16.3 Å². The number of carbonyl (C=O) groups is 2. The fourth-order valence-corrected chi connectivity index (χ4v) is 4.77. The summed E-state index contributed by atoms with van der Waals surface area (Å²) in [6.07, 6.45) is 0.245. The molecular weight excluding hydrogens is 470 g/mol. The summed E-state index contributed by atoms with van der Waals surface area (Å²) >= 11 is 2.83. The third kappa shape index (κ3) is 6.27. The van der Waals surface area contributed by atoms with Crippen LogP contribution in [0.1, 0.15) is 22.0 Å². The Bertz CT molecular complexity index is 1300. The van der Waals surface area contributed by atoms with Gasteiger partial charge in [0.2, 0.25) is 5.91 Å². The molecule has 0 bridgehead atoms. The van der Waals surface area contributed by atoms with Crippen LogP contribution in [0.25, 0.3) is 10.6 Å². The molecule has 4 aromatic rings. The molecule has 7 nitrogen and oxygen atoms in total. The molecule has 34 heavy (non-hydrogen) atoms. The van der Waals surface area contributed by atoms with Crippen molar-refractivity contribution in [2.75, 3.05) is 12.4 Å². The number of hydrogen-bond donors (Lipinski definition) is 1. The molecule has 174 valence electrons. The number of esters is 1. The Labute approximate surface area is 205 Å². The molecule has 0 spiro atoms. The summed E-state index contributed by atoms with van der Waals surface area (Å²) in [5.41, 5.74) is 3.99. The Kier molecular flexibility index (Phi) is 7.66. The van der Waals surface area contributed by atoms with Crippen molar-refractivity contribution in [1.82, 2.24) is 9.97 Å². The summed E-state index contributed by atoms with van der Waals surface area (Å²) in [5.74, 6) is 0.237. The topological polar surface area (TPSA) is 90.4 Å². The number of thiazole rings is 2. The Hall–Kier alpha value is -3.56. The molecule has 0 atom stereocenters. The van der Waals surface area contributed by atoms with Gasteiger partial charge in [-0.1, -0.05) is 30.3 Å². The van der Waals surface area contributed by atoms with Crippen LogP contribution in [-0.4, -0.2) is 29.0 Å². The minimum atomic E-state index is -0.380. The van der Waals surface area contributed by atoms with Gasteiger partial charge in [0.25, 0.3) is 0 Å². The monoisotopic (exact) mass is 493 g/mol. The first kappa shape index (κ1) is 23.6. The molecule has 0 unspecified atom stereocenters. The summed E-state index contributed by atoms with van der Waals surface area (Å²) in [4.78, 5) is 33.5. The van der Waals surface area contributed by atoms with Crippen LogP contribution >= 0.6 is 22.7 Å². The highest BCUT2D eigenvalue weighted by Crippen LogP contribution is 2.27. The molecule has 2 aromatic heterocycles. The molecule has 0 radical (unpaired) electrons. The zero-order valence-corrected chi connectivity index (χ0v) is 20.4. The molecule has 0 saturated heterocycles. The smallest absolute Gasteiger partial charge is 0.312 e. The Balaban J connectivity index is 1.26. The van der Waals surface area contributed by atoms with Gasteiger partial charge in [-0.2, -0.15) is 0 Å². The van der Waals surface area contributed by atoms with E-state index in [1.807, 2.05) is 60.8 Å². The highest BCUT2D eigenvalue weighted by atomic mass is 32.1. The Morgan fingerprint density at radius 1 is 0.971 bits per heavy atom. The molecule has 0 fully saturated rings. The van der Waals surface area contributed by atoms with Gasteiger partial charge in [-0.05, 0) is 30.7 Å². The molecule has 0 aliphatic carbocycles. The molecule has 0 aliphatic heterocycles. The van der Waals surface area contributed by atoms with Gasteiger partial charge < -0.3 is 14.8 Å². The number of benzene rings is 2. The van der Waals surface area contributed by atoms with E-state index >= 15 is 0 Å². The standard InChI is InChI=1S/C25H23N3O4S2/c1-16-6-3-4-9-21(16)28-22(29)12-23-26-19(15-33-23)13-32-24(30)11-18-14-34-25(27-18)17-7-5-8-20(10-17)31-2/h3-10,14-15H,11-13H2,1-2H3,(H,28,29). The highest BCUT2D eigenvalue weighted by Gasteiger charge is 2.13. The largest absolute Gasteiger partial charge is 0.497 e. The summed E-state index contributed by atoms with van der Waals surface area (Å²) < 4.78 is 10.6. The van der Waals surface area contributed by atoms with Crippen molar-refractivity contribution < 1.29 is 19.1 Å². The van der Waals surface area contributed by atoms with Crippen molar-refractivity contribution in [1.29, 1.82) is 0 Å². The van der Waals surface area contributed by atoms with E-state index in [0.717, 1.165) is 27.6 Å². The van der Waals surface area contributed by atoms with Crippen molar-refractivity contribution >= 4 is 40.2 Å². The fourth-order valence-electron chi connectivity index (χ4n) is 3.17. The summed E-state index contributed by atoms with van der Waals surface area (Å²) in [7, 11) is 1.62. The average Bonchev–Trinajstić information content (AvgIpc) is 3.49. The first-order valence-electron chi connectivity index (χ1n) is 10.5. The summed E-state index contributed by atoms with van der Waals surface area (Å²) in [6.45, 7) is 2.00. The quantitative estimate of drug-likeness (QED) is 0.328. The number of hydrogen-bond acceptors (Lipinski definition) is 8. The first-order valence-corrected chi connectivity index (χ1v) is 12.3. The van der Waals surface area contributed by atoms with Crippen LogP contribution in [0, 0.1) is 6.92 Å². The Morgan fingerprint density at radius 3 is 2.62 bits per heavy atom. The van der Waals surface area contributed by atoms with E-state index in [1.165, 1.54) is 22.7 Å². The van der Waals surface area contributed by atoms with Crippen molar-refractivity contribution in [3.63, 3.8) is 0 Å². The molecule has 2 aromatic carbocycles. The van der Waals surface area contributed by atoms with E-state index in [1.54, 1.807) is 12.5 Å². The maximum Gasteiger partial charge on any atom is 0.312 e. The van der Waals surface area contributed by atoms with Crippen LogP contribution in [-0.2, 0) is 33.8 Å². The van der Waals surface area contributed by atoms with Gasteiger partial charge >= 0.3 is 5.97 Å². The predicted octanol–water partition coefficient (Wildman–Crippen LogP) is 5.05. The van der Waals surface area contributed by atoms with Crippen LogP contribution < -0.4 is 10.1 Å². The zero-order chi connectivity index (χ0) is 23.9. The number of aryl methyl sites for hydroxylation is 1. The van der Waals surface area contributed by atoms with E-state index in [0.29, 0.717) is 16.4 Å². The lowest BCUT2D eigenvalue weighted by Crippen LogP contribution is -2.15. The maximum atomic E-state index is 12.3. The number of anilines is 1. The zero-order valence-electron chi connectivity index (χ0n) is 18.7. The van der Waals surface area contributed by atoms with Gasteiger partial charge in [-0.25, -0.2) is 9.97 Å². The molecule has 0 aliphatic rings. The minimum absolute atomic E-state index is 0.0572. The third-order valence-electron chi connectivity index (χ3n) is 4.91. The number of methoxy groups -OCH3 is 1. The first-order chi connectivity index (χ1) is 16.5. The summed E-state index contributed by atoms with van der Waals surface area (Å²) in [6, 6.07) is 15.2. The number of amides is 1. The van der Waals surface area contributed by atoms with E-state index in [4.69, 9.17) is 9.47 Å². The number of nitrogens with one attached hydrogen (secondary N) is 1. The van der Waals surface area contributed by atoms with Gasteiger partial charge in [-0.15, -0.1) is 22.7 Å². The average molecular weight is 494 g/mol. The molecule has 1 N–H and O–H groups in total. The van der Waals surface area contributed by atoms with Crippen LogP contribution in [0.3, 0.4) is 0 Å². The number of nitrogens with zero attached hydrogens (tertiary/aromatic N) is 2. The van der Waals surface area contributed by atoms with Crippen LogP contribution in [0.2, 0.25) is 0 Å². The molecule has 9 heteroatoms. The Morgan fingerprint density at radius 2 is 1.79 bits per heavy atom. The second-order valence-corrected chi connectivity index (χ2v) is 9.29. The van der Waals surface area contributed by atoms with E-state index in [-0.39, 0.29) is 31.3 Å². The normalized spacial score (nSPS) is 10.6. The van der Waals surface area contributed by atoms with Crippen molar-refractivity contribution in [2.24, 2.45) is 0 Å². The van der Waals surface area contributed by atoms with Crippen LogP contribution in [0.4, 0.5) is 5.69 Å². The van der Waals surface area contributed by atoms with Crippen LogP contribution in [0.5, 0.6) is 5.75 Å². The number of aromatic nitrogens is 2. The lowest BCUT2D eigenvalue weighted by molar-refractivity contribution is -0.144. The van der Waals surface area contributed by atoms with Gasteiger partial charge in [0, 0.05) is 22.0 Å². The third-order valence-corrected chi connectivity index (χ3v) is 6.74. The highest BCUT2D eigenvalue weighted by molar-refractivity contribution is 7.13. The van der Waals surface area contributed by atoms with E-state index in [2.05, 4.69) is 15.3 Å². The van der Waals surface area contributed by atoms with Gasteiger partial charge in [0.15, 0.2) is 0 Å². The fraction of sp³-hybridized carbons (Fsp3) is 0.200. The predicted molar refractivity (Wildman–Crippen MR) is 133 cm³/mol. The lowest BCUT2D eigenvalue weighted by atomic mass is 10.2. The molecule has 2 heterocycles. The van der Waals surface area contributed by atoms with Crippen molar-refractivity contribution in [2.45, 2.75) is 26.4 Å². The number of para-hydroxylation sites is 1. The molecular formula is C25H23N3O4S2. The second kappa shape index (κ2) is 11.0. The van der Waals surface area contributed by atoms with Gasteiger partial charge in [-0.3, -0.25) is 9.59 Å². The molecule has 0 saturated carbocycles. The van der Waals surface area contributed by atoms with Crippen molar-refractivity contribution in [3.05, 3.63) is 81.2 Å².